The molecule has 3 aromatic carbocycles. The summed E-state index contributed by atoms with van der Waals surface area (Å²) in [6, 6.07) is 19.3. The molecule has 2 N–H and O–H groups in total. The van der Waals surface area contributed by atoms with E-state index >= 15 is 0 Å². The number of hydrogen-bond acceptors (Lipinski definition) is 4. The predicted octanol–water partition coefficient (Wildman–Crippen LogP) is 3.32. The van der Waals surface area contributed by atoms with E-state index in [0.29, 0.717) is 22.4 Å². The van der Waals surface area contributed by atoms with Crippen LogP contribution in [0.1, 0.15) is 41.4 Å². The molecule has 1 heterocycles. The number of rotatable bonds is 3. The number of fused-ring (bicyclic) bond motifs is 1. The van der Waals surface area contributed by atoms with Gasteiger partial charge in [0.1, 0.15) is 0 Å². The molecule has 1 aliphatic rings. The number of imide groups is 1. The largest absolute Gasteiger partial charge is 0.269 e. The van der Waals surface area contributed by atoms with Gasteiger partial charge >= 0.3 is 0 Å². The summed E-state index contributed by atoms with van der Waals surface area (Å²) in [6.07, 6.45) is 0. The summed E-state index contributed by atoms with van der Waals surface area (Å²) in [7, 11) is 0. The van der Waals surface area contributed by atoms with Gasteiger partial charge in [-0.25, -0.2) is 4.90 Å². The number of benzene rings is 3. The topological polar surface area (TPSA) is 95.6 Å². The third-order valence-corrected chi connectivity index (χ3v) is 5.05. The van der Waals surface area contributed by atoms with Crippen LogP contribution < -0.4 is 15.8 Å². The summed E-state index contributed by atoms with van der Waals surface area (Å²) < 4.78 is 0.741. The Balaban J connectivity index is 1.44. The first-order valence-corrected chi connectivity index (χ1v) is 9.69. The van der Waals surface area contributed by atoms with E-state index < -0.39 is 23.6 Å². The van der Waals surface area contributed by atoms with Crippen LogP contribution in [0.25, 0.3) is 0 Å². The Kier molecular flexibility index (Phi) is 5.16. The maximum absolute atomic E-state index is 12.5. The average molecular weight is 464 g/mol. The van der Waals surface area contributed by atoms with Crippen LogP contribution in [0.3, 0.4) is 0 Å². The number of anilines is 1. The molecule has 0 saturated carbocycles. The molecule has 148 valence electrons. The molecule has 0 aromatic heterocycles. The van der Waals surface area contributed by atoms with E-state index in [9.17, 15) is 19.2 Å². The molecule has 0 bridgehead atoms. The predicted molar refractivity (Wildman–Crippen MR) is 113 cm³/mol. The lowest BCUT2D eigenvalue weighted by Crippen LogP contribution is -2.41. The van der Waals surface area contributed by atoms with Crippen molar-refractivity contribution in [3.63, 3.8) is 0 Å². The highest BCUT2D eigenvalue weighted by Crippen LogP contribution is 2.28. The molecule has 0 saturated heterocycles. The Labute approximate surface area is 179 Å². The number of carbonyl (C=O) groups excluding carboxylic acids is 4. The number of hydrogen-bond donors (Lipinski definition) is 2. The molecule has 0 unspecified atom stereocenters. The van der Waals surface area contributed by atoms with E-state index in [1.54, 1.807) is 48.5 Å². The van der Waals surface area contributed by atoms with Gasteiger partial charge in [-0.3, -0.25) is 30.0 Å². The Bertz CT molecular complexity index is 1160. The van der Waals surface area contributed by atoms with Crippen LogP contribution in [0, 0.1) is 0 Å². The van der Waals surface area contributed by atoms with E-state index in [4.69, 9.17) is 0 Å². The maximum atomic E-state index is 12.5. The number of halogens is 1. The molecular formula is C22H14BrN3O4. The zero-order chi connectivity index (χ0) is 21.3. The van der Waals surface area contributed by atoms with Crippen LogP contribution in [0.5, 0.6) is 0 Å². The lowest BCUT2D eigenvalue weighted by molar-refractivity contribution is 0.0846. The van der Waals surface area contributed by atoms with Crippen molar-refractivity contribution in [3.8, 4) is 0 Å². The summed E-state index contributed by atoms with van der Waals surface area (Å²) in [6.45, 7) is 0. The summed E-state index contributed by atoms with van der Waals surface area (Å²) in [5.41, 5.74) is 6.36. The minimum atomic E-state index is -0.535. The van der Waals surface area contributed by atoms with Gasteiger partial charge < -0.3 is 0 Å². The molecule has 4 amide bonds. The quantitative estimate of drug-likeness (QED) is 0.459. The first-order chi connectivity index (χ1) is 14.5. The van der Waals surface area contributed by atoms with Gasteiger partial charge in [-0.2, -0.15) is 0 Å². The number of nitrogens with zero attached hydrogens (tertiary/aromatic N) is 1. The first kappa shape index (κ1) is 19.5. The zero-order valence-electron chi connectivity index (χ0n) is 15.4. The van der Waals surface area contributed by atoms with Gasteiger partial charge in [0.15, 0.2) is 0 Å². The molecule has 0 atom stereocenters. The Morgan fingerprint density at radius 2 is 1.27 bits per heavy atom. The number of amides is 4. The summed E-state index contributed by atoms with van der Waals surface area (Å²) >= 11 is 3.28. The molecule has 0 fully saturated rings. The summed E-state index contributed by atoms with van der Waals surface area (Å²) in [4.78, 5) is 50.6. The van der Waals surface area contributed by atoms with Gasteiger partial charge in [0.05, 0.1) is 16.8 Å². The van der Waals surface area contributed by atoms with Crippen molar-refractivity contribution in [2.24, 2.45) is 0 Å². The highest BCUT2D eigenvalue weighted by molar-refractivity contribution is 9.10. The highest BCUT2D eigenvalue weighted by Gasteiger charge is 2.36. The molecule has 4 rings (SSSR count). The van der Waals surface area contributed by atoms with Crippen LogP contribution >= 0.6 is 15.9 Å². The fourth-order valence-electron chi connectivity index (χ4n) is 3.07. The zero-order valence-corrected chi connectivity index (χ0v) is 17.0. The van der Waals surface area contributed by atoms with Crippen molar-refractivity contribution >= 4 is 45.2 Å². The number of carbonyl (C=O) groups is 4. The summed E-state index contributed by atoms with van der Waals surface area (Å²) in [5.74, 6) is -1.82. The highest BCUT2D eigenvalue weighted by atomic mass is 79.9. The molecule has 0 radical (unpaired) electrons. The normalized spacial score (nSPS) is 12.5. The average Bonchev–Trinajstić information content (AvgIpc) is 3.02. The minimum Gasteiger partial charge on any atom is -0.268 e. The van der Waals surface area contributed by atoms with Crippen molar-refractivity contribution in [2.45, 2.75) is 0 Å². The van der Waals surface area contributed by atoms with E-state index in [1.165, 1.54) is 24.3 Å². The molecule has 8 heteroatoms. The van der Waals surface area contributed by atoms with Crippen molar-refractivity contribution in [2.75, 3.05) is 4.90 Å². The third kappa shape index (κ3) is 3.60. The molecule has 7 nitrogen and oxygen atoms in total. The van der Waals surface area contributed by atoms with Crippen molar-refractivity contribution in [1.82, 2.24) is 10.9 Å². The van der Waals surface area contributed by atoms with Crippen molar-refractivity contribution < 1.29 is 19.2 Å². The Morgan fingerprint density at radius 3 is 1.83 bits per heavy atom. The lowest BCUT2D eigenvalue weighted by atomic mass is 10.1. The van der Waals surface area contributed by atoms with Crippen LogP contribution in [-0.2, 0) is 0 Å². The second-order valence-electron chi connectivity index (χ2n) is 6.46. The van der Waals surface area contributed by atoms with Crippen molar-refractivity contribution in [3.05, 3.63) is 99.5 Å². The molecular weight excluding hydrogens is 450 g/mol. The molecule has 0 aliphatic carbocycles. The SMILES string of the molecule is O=C(NNC(=O)c1cccc(Br)c1)c1ccc(N2C(=O)c3ccccc3C2=O)cc1. The van der Waals surface area contributed by atoms with Crippen LogP contribution in [0.15, 0.2) is 77.3 Å². The molecule has 3 aromatic rings. The molecule has 1 aliphatic heterocycles. The standard InChI is InChI=1S/C22H14BrN3O4/c23-15-5-3-4-14(12-15)20(28)25-24-19(27)13-8-10-16(11-9-13)26-21(29)17-6-1-2-7-18(17)22(26)30/h1-12H,(H,24,27)(H,25,28). The van der Waals surface area contributed by atoms with Gasteiger partial charge in [-0.15, -0.1) is 0 Å². The third-order valence-electron chi connectivity index (χ3n) is 4.56. The maximum Gasteiger partial charge on any atom is 0.269 e. The minimum absolute atomic E-state index is 0.255. The fraction of sp³-hybridized carbons (Fsp3) is 0. The van der Waals surface area contributed by atoms with Crippen LogP contribution in [0.2, 0.25) is 0 Å². The van der Waals surface area contributed by atoms with Gasteiger partial charge in [0.25, 0.3) is 23.6 Å². The Hall–Kier alpha value is -3.78. The van der Waals surface area contributed by atoms with E-state index in [0.717, 1.165) is 9.37 Å². The Morgan fingerprint density at radius 1 is 0.700 bits per heavy atom. The lowest BCUT2D eigenvalue weighted by Gasteiger charge is -2.14. The van der Waals surface area contributed by atoms with E-state index in [1.807, 2.05) is 0 Å². The van der Waals surface area contributed by atoms with Gasteiger partial charge in [0, 0.05) is 15.6 Å². The number of hydrazine groups is 1. The number of nitrogens with one attached hydrogen (secondary N) is 2. The van der Waals surface area contributed by atoms with E-state index in [-0.39, 0.29) is 5.56 Å². The first-order valence-electron chi connectivity index (χ1n) is 8.90. The molecule has 0 spiro atoms. The summed E-state index contributed by atoms with van der Waals surface area (Å²) in [5, 5.41) is 0. The van der Waals surface area contributed by atoms with Gasteiger partial charge in [0.2, 0.25) is 0 Å². The van der Waals surface area contributed by atoms with Crippen LogP contribution in [-0.4, -0.2) is 23.6 Å². The van der Waals surface area contributed by atoms with E-state index in [2.05, 4.69) is 26.8 Å². The second-order valence-corrected chi connectivity index (χ2v) is 7.37. The molecule has 30 heavy (non-hydrogen) atoms. The van der Waals surface area contributed by atoms with Crippen LogP contribution in [0.4, 0.5) is 5.69 Å². The monoisotopic (exact) mass is 463 g/mol. The van der Waals surface area contributed by atoms with Gasteiger partial charge in [-0.05, 0) is 54.6 Å². The fourth-order valence-corrected chi connectivity index (χ4v) is 3.47. The smallest absolute Gasteiger partial charge is 0.268 e. The second kappa shape index (κ2) is 7.92. The van der Waals surface area contributed by atoms with Crippen molar-refractivity contribution in [1.29, 1.82) is 0 Å². The van der Waals surface area contributed by atoms with Gasteiger partial charge in [-0.1, -0.05) is 34.1 Å².